The zero-order valence-electron chi connectivity index (χ0n) is 8.74. The van der Waals surface area contributed by atoms with Crippen LogP contribution in [0.4, 0.5) is 0 Å². The van der Waals surface area contributed by atoms with E-state index < -0.39 is 0 Å². The summed E-state index contributed by atoms with van der Waals surface area (Å²) in [7, 11) is 1.85. The summed E-state index contributed by atoms with van der Waals surface area (Å²) >= 11 is 12.0. The molecule has 0 fully saturated rings. The van der Waals surface area contributed by atoms with E-state index in [-0.39, 0.29) is 0 Å². The predicted octanol–water partition coefficient (Wildman–Crippen LogP) is 2.85. The Morgan fingerprint density at radius 1 is 1.38 bits per heavy atom. The summed E-state index contributed by atoms with van der Waals surface area (Å²) in [5.74, 6) is 0. The van der Waals surface area contributed by atoms with Crippen LogP contribution in [-0.4, -0.2) is 9.78 Å². The molecule has 0 aliphatic rings. The van der Waals surface area contributed by atoms with Crippen molar-refractivity contribution >= 4 is 23.2 Å². The van der Waals surface area contributed by atoms with Crippen molar-refractivity contribution in [3.8, 4) is 11.3 Å². The number of rotatable bonds is 2. The fourth-order valence-corrected chi connectivity index (χ4v) is 2.09. The van der Waals surface area contributed by atoms with Crippen LogP contribution in [-0.2, 0) is 13.6 Å². The molecule has 5 heteroatoms. The monoisotopic (exact) mass is 255 g/mol. The van der Waals surface area contributed by atoms with E-state index in [0.29, 0.717) is 16.6 Å². The van der Waals surface area contributed by atoms with Crippen molar-refractivity contribution in [1.82, 2.24) is 9.78 Å². The lowest BCUT2D eigenvalue weighted by Gasteiger charge is -2.03. The van der Waals surface area contributed by atoms with Crippen LogP contribution in [0.2, 0.25) is 10.0 Å². The smallest absolute Gasteiger partial charge is 0.0982 e. The number of hydrogen-bond donors (Lipinski definition) is 1. The van der Waals surface area contributed by atoms with Gasteiger partial charge in [0.2, 0.25) is 0 Å². The predicted molar refractivity (Wildman–Crippen MR) is 66.6 cm³/mol. The van der Waals surface area contributed by atoms with Gasteiger partial charge in [-0.1, -0.05) is 23.2 Å². The summed E-state index contributed by atoms with van der Waals surface area (Å²) in [5, 5.41) is 5.55. The lowest BCUT2D eigenvalue weighted by atomic mass is 10.1. The van der Waals surface area contributed by atoms with Crippen LogP contribution in [0.25, 0.3) is 11.3 Å². The fourth-order valence-electron chi connectivity index (χ4n) is 1.60. The minimum absolute atomic E-state index is 0.433. The lowest BCUT2D eigenvalue weighted by molar-refractivity contribution is 0.769. The van der Waals surface area contributed by atoms with Crippen LogP contribution in [0.3, 0.4) is 0 Å². The van der Waals surface area contributed by atoms with Gasteiger partial charge in [-0.25, -0.2) is 0 Å². The van der Waals surface area contributed by atoms with E-state index in [1.54, 1.807) is 16.8 Å². The molecule has 1 aromatic heterocycles. The second kappa shape index (κ2) is 4.45. The average Bonchev–Trinajstić information content (AvgIpc) is 2.59. The van der Waals surface area contributed by atoms with Gasteiger partial charge in [0.15, 0.2) is 0 Å². The number of halogens is 2. The second-order valence-corrected chi connectivity index (χ2v) is 4.35. The minimum atomic E-state index is 0.433. The highest BCUT2D eigenvalue weighted by molar-refractivity contribution is 6.36. The normalized spacial score (nSPS) is 10.8. The fraction of sp³-hybridized carbons (Fsp3) is 0.182. The summed E-state index contributed by atoms with van der Waals surface area (Å²) in [4.78, 5) is 0. The molecule has 1 heterocycles. The second-order valence-electron chi connectivity index (χ2n) is 3.50. The van der Waals surface area contributed by atoms with E-state index >= 15 is 0 Å². The Balaban J connectivity index is 2.57. The van der Waals surface area contributed by atoms with Crippen molar-refractivity contribution in [3.63, 3.8) is 0 Å². The van der Waals surface area contributed by atoms with E-state index in [0.717, 1.165) is 16.8 Å². The molecule has 0 aliphatic heterocycles. The van der Waals surface area contributed by atoms with Gasteiger partial charge in [0.25, 0.3) is 0 Å². The topological polar surface area (TPSA) is 43.8 Å². The number of aryl methyl sites for hydroxylation is 1. The molecule has 1 aromatic carbocycles. The molecule has 0 unspecified atom stereocenters. The van der Waals surface area contributed by atoms with E-state index in [1.807, 2.05) is 19.3 Å². The van der Waals surface area contributed by atoms with Crippen molar-refractivity contribution in [3.05, 3.63) is 40.0 Å². The first-order chi connectivity index (χ1) is 7.61. The number of benzene rings is 1. The van der Waals surface area contributed by atoms with E-state index in [2.05, 4.69) is 5.10 Å². The molecule has 0 saturated carbocycles. The van der Waals surface area contributed by atoms with Gasteiger partial charge < -0.3 is 5.73 Å². The van der Waals surface area contributed by atoms with Gasteiger partial charge in [-0.05, 0) is 18.2 Å². The zero-order valence-corrected chi connectivity index (χ0v) is 10.3. The lowest BCUT2D eigenvalue weighted by Crippen LogP contribution is -1.96. The summed E-state index contributed by atoms with van der Waals surface area (Å²) in [6.45, 7) is 0.433. The summed E-state index contributed by atoms with van der Waals surface area (Å²) < 4.78 is 1.72. The molecule has 0 spiro atoms. The Labute approximate surface area is 104 Å². The molecule has 0 saturated heterocycles. The largest absolute Gasteiger partial charge is 0.326 e. The van der Waals surface area contributed by atoms with Gasteiger partial charge in [-0.15, -0.1) is 0 Å². The van der Waals surface area contributed by atoms with Crippen molar-refractivity contribution in [2.24, 2.45) is 12.8 Å². The van der Waals surface area contributed by atoms with Crippen molar-refractivity contribution in [2.75, 3.05) is 0 Å². The Hall–Kier alpha value is -1.03. The summed E-state index contributed by atoms with van der Waals surface area (Å²) in [5.41, 5.74) is 8.29. The van der Waals surface area contributed by atoms with Gasteiger partial charge in [-0.2, -0.15) is 5.10 Å². The van der Waals surface area contributed by atoms with Crippen LogP contribution >= 0.6 is 23.2 Å². The molecule has 0 atom stereocenters. The molecule has 0 amide bonds. The molecule has 0 bridgehead atoms. The maximum atomic E-state index is 6.13. The van der Waals surface area contributed by atoms with Crippen molar-refractivity contribution in [2.45, 2.75) is 6.54 Å². The van der Waals surface area contributed by atoms with Crippen LogP contribution < -0.4 is 5.73 Å². The highest BCUT2D eigenvalue weighted by Crippen LogP contribution is 2.31. The first-order valence-electron chi connectivity index (χ1n) is 4.80. The van der Waals surface area contributed by atoms with Gasteiger partial charge in [0.1, 0.15) is 0 Å². The van der Waals surface area contributed by atoms with Crippen molar-refractivity contribution < 1.29 is 0 Å². The first-order valence-corrected chi connectivity index (χ1v) is 5.55. The third-order valence-corrected chi connectivity index (χ3v) is 2.86. The summed E-state index contributed by atoms with van der Waals surface area (Å²) in [6.07, 6.45) is 1.89. The third kappa shape index (κ3) is 2.07. The van der Waals surface area contributed by atoms with Gasteiger partial charge in [0.05, 0.1) is 10.7 Å². The molecule has 0 radical (unpaired) electrons. The summed E-state index contributed by atoms with van der Waals surface area (Å²) in [6, 6.07) is 5.34. The number of nitrogens with zero attached hydrogens (tertiary/aromatic N) is 2. The molecule has 2 N–H and O–H groups in total. The van der Waals surface area contributed by atoms with Gasteiger partial charge in [-0.3, -0.25) is 4.68 Å². The number of nitrogens with two attached hydrogens (primary N) is 1. The molecular formula is C11H11Cl2N3. The van der Waals surface area contributed by atoms with Crippen LogP contribution in [0.5, 0.6) is 0 Å². The molecule has 0 aliphatic carbocycles. The number of hydrogen-bond acceptors (Lipinski definition) is 2. The van der Waals surface area contributed by atoms with E-state index in [4.69, 9.17) is 28.9 Å². The Kier molecular flexibility index (Phi) is 3.19. The molecule has 2 aromatic rings. The molecule has 2 rings (SSSR count). The molecule has 84 valence electrons. The van der Waals surface area contributed by atoms with Crippen LogP contribution in [0, 0.1) is 0 Å². The standard InChI is InChI=1S/C11H11Cl2N3/c1-16-6-7(5-14)11(15-16)9-3-2-8(12)4-10(9)13/h2-4,6H,5,14H2,1H3. The molecule has 16 heavy (non-hydrogen) atoms. The quantitative estimate of drug-likeness (QED) is 0.897. The van der Waals surface area contributed by atoms with Crippen LogP contribution in [0.1, 0.15) is 5.56 Å². The van der Waals surface area contributed by atoms with E-state index in [1.165, 1.54) is 0 Å². The molecular weight excluding hydrogens is 245 g/mol. The maximum Gasteiger partial charge on any atom is 0.0982 e. The van der Waals surface area contributed by atoms with Gasteiger partial charge in [0, 0.05) is 35.9 Å². The van der Waals surface area contributed by atoms with Gasteiger partial charge >= 0.3 is 0 Å². The Morgan fingerprint density at radius 3 is 2.75 bits per heavy atom. The highest BCUT2D eigenvalue weighted by atomic mass is 35.5. The van der Waals surface area contributed by atoms with Crippen LogP contribution in [0.15, 0.2) is 24.4 Å². The Bertz CT molecular complexity index is 520. The first kappa shape index (κ1) is 11.5. The van der Waals surface area contributed by atoms with E-state index in [9.17, 15) is 0 Å². The highest BCUT2D eigenvalue weighted by Gasteiger charge is 2.12. The maximum absolute atomic E-state index is 6.13. The Morgan fingerprint density at radius 2 is 2.12 bits per heavy atom. The average molecular weight is 256 g/mol. The number of aromatic nitrogens is 2. The minimum Gasteiger partial charge on any atom is -0.326 e. The SMILES string of the molecule is Cn1cc(CN)c(-c2ccc(Cl)cc2Cl)n1. The molecule has 3 nitrogen and oxygen atoms in total. The van der Waals surface area contributed by atoms with Crippen molar-refractivity contribution in [1.29, 1.82) is 0 Å². The zero-order chi connectivity index (χ0) is 11.7. The third-order valence-electron chi connectivity index (χ3n) is 2.31.